The van der Waals surface area contributed by atoms with Crippen molar-refractivity contribution >= 4 is 29.3 Å². The lowest BCUT2D eigenvalue weighted by atomic mass is 9.82. The van der Waals surface area contributed by atoms with Crippen molar-refractivity contribution in [3.05, 3.63) is 46.8 Å². The first-order valence-electron chi connectivity index (χ1n) is 9.77. The first-order chi connectivity index (χ1) is 14.9. The summed E-state index contributed by atoms with van der Waals surface area (Å²) in [5.41, 5.74) is 2.36. The van der Waals surface area contributed by atoms with Gasteiger partial charge in [0.05, 0.1) is 5.02 Å². The standard InChI is InChI=1S/C19H21ClFN7O3/c1-11(24-17(29)16-22-10-23-26-16)9-28-6-4-19(5-7-28)15(25-27-18(30)31-19)13-3-2-12(21)8-14(13)20/h2-3,8,10-11H,4-7,9H2,1H3,(H,24,29)(H,27,30)(H,22,23,26)/t11-/m0/s1. The molecule has 3 N–H and O–H groups in total. The number of hydrogen-bond donors (Lipinski definition) is 3. The Bertz CT molecular complexity index is 1010. The van der Waals surface area contributed by atoms with E-state index in [1.54, 1.807) is 0 Å². The Hall–Kier alpha value is -3.05. The zero-order valence-electron chi connectivity index (χ0n) is 16.7. The number of hydrogen-bond acceptors (Lipinski definition) is 7. The van der Waals surface area contributed by atoms with Crippen LogP contribution < -0.4 is 10.7 Å². The highest BCUT2D eigenvalue weighted by atomic mass is 35.5. The van der Waals surface area contributed by atoms with Crippen LogP contribution in [-0.4, -0.2) is 69.1 Å². The largest absolute Gasteiger partial charge is 0.435 e. The Morgan fingerprint density at radius 1 is 1.42 bits per heavy atom. The molecule has 1 atom stereocenters. The molecule has 10 nitrogen and oxygen atoms in total. The highest BCUT2D eigenvalue weighted by Crippen LogP contribution is 2.35. The molecule has 0 saturated carbocycles. The SMILES string of the molecule is C[C@@H](CN1CCC2(CC1)OC(=O)NN=C2c1ccc(F)cc1Cl)NC(=O)c1ncn[nH]1. The maximum atomic E-state index is 13.5. The van der Waals surface area contributed by atoms with Gasteiger partial charge >= 0.3 is 6.09 Å². The summed E-state index contributed by atoms with van der Waals surface area (Å²) in [4.78, 5) is 30.0. The average molecular weight is 450 g/mol. The fourth-order valence-corrected chi connectivity index (χ4v) is 4.17. The number of halogens is 2. The number of carbonyl (C=O) groups is 2. The molecule has 1 aromatic carbocycles. The predicted molar refractivity (Wildman–Crippen MR) is 109 cm³/mol. The van der Waals surface area contributed by atoms with Gasteiger partial charge in [0.25, 0.3) is 5.91 Å². The van der Waals surface area contributed by atoms with E-state index < -0.39 is 17.5 Å². The van der Waals surface area contributed by atoms with Crippen molar-refractivity contribution in [2.45, 2.75) is 31.4 Å². The number of benzene rings is 1. The van der Waals surface area contributed by atoms with E-state index >= 15 is 0 Å². The van der Waals surface area contributed by atoms with E-state index in [0.29, 0.717) is 43.8 Å². The summed E-state index contributed by atoms with van der Waals surface area (Å²) >= 11 is 6.24. The molecule has 31 heavy (non-hydrogen) atoms. The molecule has 2 aliphatic heterocycles. The van der Waals surface area contributed by atoms with E-state index in [9.17, 15) is 14.0 Å². The van der Waals surface area contributed by atoms with Crippen molar-refractivity contribution in [3.8, 4) is 0 Å². The number of nitrogens with one attached hydrogen (secondary N) is 3. The molecule has 2 aliphatic rings. The first-order valence-corrected chi connectivity index (χ1v) is 10.2. The smallest absolute Gasteiger partial charge is 0.428 e. The summed E-state index contributed by atoms with van der Waals surface area (Å²) in [6.45, 7) is 3.71. The molecule has 0 bridgehead atoms. The molecule has 0 radical (unpaired) electrons. The quantitative estimate of drug-likeness (QED) is 0.638. The Balaban J connectivity index is 1.42. The van der Waals surface area contributed by atoms with E-state index in [1.165, 1.54) is 24.5 Å². The number of likely N-dealkylation sites (tertiary alicyclic amines) is 1. The molecule has 3 heterocycles. The second kappa shape index (κ2) is 8.60. The molecular weight excluding hydrogens is 429 g/mol. The lowest BCUT2D eigenvalue weighted by Crippen LogP contribution is -2.57. The third-order valence-corrected chi connectivity index (χ3v) is 5.68. The fraction of sp³-hybridized carbons (Fsp3) is 0.421. The van der Waals surface area contributed by atoms with Gasteiger partial charge in [0, 0.05) is 44.1 Å². The minimum atomic E-state index is -0.952. The van der Waals surface area contributed by atoms with E-state index in [0.717, 1.165) is 0 Å². The summed E-state index contributed by atoms with van der Waals surface area (Å²) in [7, 11) is 0. The first kappa shape index (κ1) is 21.2. The maximum absolute atomic E-state index is 13.5. The number of H-pyrrole nitrogens is 1. The van der Waals surface area contributed by atoms with Crippen molar-refractivity contribution in [1.29, 1.82) is 0 Å². The Morgan fingerprint density at radius 2 is 2.19 bits per heavy atom. The summed E-state index contributed by atoms with van der Waals surface area (Å²) < 4.78 is 19.2. The van der Waals surface area contributed by atoms with Crippen LogP contribution >= 0.6 is 11.6 Å². The van der Waals surface area contributed by atoms with Crippen LogP contribution in [0, 0.1) is 5.82 Å². The third kappa shape index (κ3) is 4.52. The van der Waals surface area contributed by atoms with Gasteiger partial charge in [-0.3, -0.25) is 9.89 Å². The van der Waals surface area contributed by atoms with Crippen molar-refractivity contribution in [2.75, 3.05) is 19.6 Å². The molecule has 12 heteroatoms. The number of carbonyl (C=O) groups excluding carboxylic acids is 2. The summed E-state index contributed by atoms with van der Waals surface area (Å²) in [5.74, 6) is -0.630. The van der Waals surface area contributed by atoms with E-state index in [4.69, 9.17) is 16.3 Å². The second-order valence-corrected chi connectivity index (χ2v) is 8.00. The van der Waals surface area contributed by atoms with E-state index in [2.05, 4.69) is 35.9 Å². The van der Waals surface area contributed by atoms with Crippen molar-refractivity contribution in [2.24, 2.45) is 5.10 Å². The van der Waals surface area contributed by atoms with Gasteiger partial charge in [0.1, 0.15) is 17.9 Å². The average Bonchev–Trinajstić information content (AvgIpc) is 3.26. The van der Waals surface area contributed by atoms with Crippen LogP contribution in [0.3, 0.4) is 0 Å². The number of piperidine rings is 1. The normalized spacial score (nSPS) is 19.3. The van der Waals surface area contributed by atoms with Crippen molar-refractivity contribution < 1.29 is 18.7 Å². The van der Waals surface area contributed by atoms with Crippen LogP contribution in [0.15, 0.2) is 29.6 Å². The topological polar surface area (TPSA) is 125 Å². The molecule has 1 fully saturated rings. The van der Waals surface area contributed by atoms with Gasteiger partial charge in [-0.1, -0.05) is 11.6 Å². The number of rotatable bonds is 5. The molecule has 1 saturated heterocycles. The van der Waals surface area contributed by atoms with Gasteiger partial charge in [0.2, 0.25) is 5.82 Å². The summed E-state index contributed by atoms with van der Waals surface area (Å²) in [6.07, 6.45) is 1.60. The van der Waals surface area contributed by atoms with Gasteiger partial charge in [-0.05, 0) is 25.1 Å². The van der Waals surface area contributed by atoms with Gasteiger partial charge < -0.3 is 15.0 Å². The Morgan fingerprint density at radius 3 is 2.87 bits per heavy atom. The van der Waals surface area contributed by atoms with Crippen LogP contribution in [0.4, 0.5) is 9.18 Å². The fourth-order valence-electron chi connectivity index (χ4n) is 3.91. The van der Waals surface area contributed by atoms with Crippen LogP contribution in [0.2, 0.25) is 5.02 Å². The van der Waals surface area contributed by atoms with Gasteiger partial charge in [-0.25, -0.2) is 19.6 Å². The van der Waals surface area contributed by atoms with Crippen LogP contribution in [-0.2, 0) is 4.74 Å². The lowest BCUT2D eigenvalue weighted by Gasteiger charge is -2.43. The number of hydrazone groups is 1. The highest BCUT2D eigenvalue weighted by molar-refractivity contribution is 6.35. The Kier molecular flexibility index (Phi) is 5.88. The molecule has 1 aromatic heterocycles. The van der Waals surface area contributed by atoms with E-state index in [-0.39, 0.29) is 22.8 Å². The van der Waals surface area contributed by atoms with Crippen molar-refractivity contribution in [3.63, 3.8) is 0 Å². The number of aromatic amines is 1. The van der Waals surface area contributed by atoms with Crippen LogP contribution in [0.5, 0.6) is 0 Å². The molecule has 0 unspecified atom stereocenters. The molecule has 0 aliphatic carbocycles. The Labute approximate surface area is 182 Å². The molecule has 2 aromatic rings. The van der Waals surface area contributed by atoms with Crippen LogP contribution in [0.1, 0.15) is 35.9 Å². The monoisotopic (exact) mass is 449 g/mol. The maximum Gasteiger partial charge on any atom is 0.428 e. The van der Waals surface area contributed by atoms with Gasteiger partial charge in [0.15, 0.2) is 5.60 Å². The zero-order chi connectivity index (χ0) is 22.0. The molecular formula is C19H21ClFN7O3. The van der Waals surface area contributed by atoms with Gasteiger partial charge in [-0.15, -0.1) is 0 Å². The molecule has 4 rings (SSSR count). The highest BCUT2D eigenvalue weighted by Gasteiger charge is 2.46. The van der Waals surface area contributed by atoms with Crippen LogP contribution in [0.25, 0.3) is 0 Å². The predicted octanol–water partition coefficient (Wildman–Crippen LogP) is 1.69. The third-order valence-electron chi connectivity index (χ3n) is 5.37. The minimum absolute atomic E-state index is 0.137. The molecule has 2 amide bonds. The zero-order valence-corrected chi connectivity index (χ0v) is 17.4. The number of aromatic nitrogens is 3. The lowest BCUT2D eigenvalue weighted by molar-refractivity contribution is 0.00487. The second-order valence-electron chi connectivity index (χ2n) is 7.59. The summed E-state index contributed by atoms with van der Waals surface area (Å²) in [5, 5.41) is 13.5. The van der Waals surface area contributed by atoms with E-state index in [1.807, 2.05) is 6.92 Å². The number of ether oxygens (including phenoxy) is 1. The van der Waals surface area contributed by atoms with Gasteiger partial charge in [-0.2, -0.15) is 10.2 Å². The molecule has 164 valence electrons. The molecule has 1 spiro atoms. The number of amides is 2. The number of nitrogens with zero attached hydrogens (tertiary/aromatic N) is 4. The van der Waals surface area contributed by atoms with Crippen molar-refractivity contribution in [1.82, 2.24) is 30.8 Å². The summed E-state index contributed by atoms with van der Waals surface area (Å²) in [6, 6.07) is 3.90. The minimum Gasteiger partial charge on any atom is -0.435 e.